The maximum absolute atomic E-state index is 12.7. The summed E-state index contributed by atoms with van der Waals surface area (Å²) in [5.74, 6) is -0.0402. The third kappa shape index (κ3) is 3.95. The highest BCUT2D eigenvalue weighted by Gasteiger charge is 2.39. The standard InChI is InChI=1S/C19H28N4O2/c1-14(17(24)23-11-15-7-4-5-8-16(15)12-23)20-18(25)21-19(9-6-10-19)13-22(2)3/h4-5,7-8,14H,6,9-13H2,1-3H3,(H2,20,21,25)/t14-/m1/s1. The van der Waals surface area contributed by atoms with Crippen LogP contribution in [0.5, 0.6) is 0 Å². The van der Waals surface area contributed by atoms with Crippen LogP contribution >= 0.6 is 0 Å². The average molecular weight is 344 g/mol. The Morgan fingerprint density at radius 2 is 1.80 bits per heavy atom. The van der Waals surface area contributed by atoms with E-state index in [9.17, 15) is 9.59 Å². The van der Waals surface area contributed by atoms with Crippen LogP contribution in [0.3, 0.4) is 0 Å². The molecule has 0 radical (unpaired) electrons. The minimum absolute atomic E-state index is 0.0402. The first kappa shape index (κ1) is 17.7. The van der Waals surface area contributed by atoms with E-state index in [0.29, 0.717) is 13.1 Å². The van der Waals surface area contributed by atoms with Gasteiger partial charge in [-0.3, -0.25) is 4.79 Å². The first-order valence-corrected chi connectivity index (χ1v) is 8.97. The van der Waals surface area contributed by atoms with Crippen LogP contribution < -0.4 is 10.6 Å². The predicted octanol–water partition coefficient (Wildman–Crippen LogP) is 1.70. The molecule has 0 aromatic heterocycles. The molecule has 0 bridgehead atoms. The summed E-state index contributed by atoms with van der Waals surface area (Å²) in [6.07, 6.45) is 3.11. The van der Waals surface area contributed by atoms with Gasteiger partial charge in [0.1, 0.15) is 6.04 Å². The van der Waals surface area contributed by atoms with Gasteiger partial charge in [0.25, 0.3) is 0 Å². The Morgan fingerprint density at radius 1 is 1.20 bits per heavy atom. The van der Waals surface area contributed by atoms with Gasteiger partial charge in [-0.15, -0.1) is 0 Å². The van der Waals surface area contributed by atoms with Gasteiger partial charge in [0.05, 0.1) is 5.54 Å². The number of fused-ring (bicyclic) bond motifs is 1. The molecule has 6 nitrogen and oxygen atoms in total. The van der Waals surface area contributed by atoms with Crippen molar-refractivity contribution in [2.45, 2.75) is 50.9 Å². The second kappa shape index (κ2) is 7.04. The molecular formula is C19H28N4O2. The molecule has 3 amide bonds. The summed E-state index contributed by atoms with van der Waals surface area (Å²) in [7, 11) is 4.02. The summed E-state index contributed by atoms with van der Waals surface area (Å²) < 4.78 is 0. The molecule has 1 fully saturated rings. The van der Waals surface area contributed by atoms with E-state index >= 15 is 0 Å². The fraction of sp³-hybridized carbons (Fsp3) is 0.579. The van der Waals surface area contributed by atoms with Crippen LogP contribution in [0.2, 0.25) is 0 Å². The van der Waals surface area contributed by atoms with Crippen LogP contribution in [0.1, 0.15) is 37.3 Å². The summed E-state index contributed by atoms with van der Waals surface area (Å²) >= 11 is 0. The van der Waals surface area contributed by atoms with Gasteiger partial charge in [-0.05, 0) is 51.4 Å². The van der Waals surface area contributed by atoms with Crippen LogP contribution in [0.4, 0.5) is 4.79 Å². The van der Waals surface area contributed by atoms with Gasteiger partial charge in [-0.2, -0.15) is 0 Å². The summed E-state index contributed by atoms with van der Waals surface area (Å²) in [6.45, 7) is 3.81. The number of urea groups is 1. The summed E-state index contributed by atoms with van der Waals surface area (Å²) in [4.78, 5) is 28.9. The summed E-state index contributed by atoms with van der Waals surface area (Å²) in [5, 5.41) is 5.91. The Morgan fingerprint density at radius 3 is 2.28 bits per heavy atom. The van der Waals surface area contributed by atoms with E-state index in [4.69, 9.17) is 0 Å². The van der Waals surface area contributed by atoms with Crippen LogP contribution in [0.25, 0.3) is 0 Å². The average Bonchev–Trinajstić information content (AvgIpc) is 2.95. The lowest BCUT2D eigenvalue weighted by Gasteiger charge is -2.44. The van der Waals surface area contributed by atoms with E-state index in [2.05, 4.69) is 27.7 Å². The lowest BCUT2D eigenvalue weighted by atomic mass is 9.76. The van der Waals surface area contributed by atoms with Crippen LogP contribution in [-0.2, 0) is 17.9 Å². The molecule has 1 saturated carbocycles. The predicted molar refractivity (Wildman–Crippen MR) is 97.0 cm³/mol. The van der Waals surface area contributed by atoms with Gasteiger partial charge in [0.2, 0.25) is 5.91 Å². The van der Waals surface area contributed by atoms with Gasteiger partial charge in [0, 0.05) is 19.6 Å². The largest absolute Gasteiger partial charge is 0.332 e. The van der Waals surface area contributed by atoms with Crippen molar-refractivity contribution < 1.29 is 9.59 Å². The van der Waals surface area contributed by atoms with Gasteiger partial charge in [0.15, 0.2) is 0 Å². The number of nitrogens with one attached hydrogen (secondary N) is 2. The molecule has 0 saturated heterocycles. The van der Waals surface area contributed by atoms with Gasteiger partial charge in [-0.25, -0.2) is 4.79 Å². The fourth-order valence-electron chi connectivity index (χ4n) is 3.83. The SMILES string of the molecule is C[C@@H](NC(=O)NC1(CN(C)C)CCC1)C(=O)N1Cc2ccccc2C1. The molecule has 1 aliphatic carbocycles. The highest BCUT2D eigenvalue weighted by Crippen LogP contribution is 2.32. The topological polar surface area (TPSA) is 64.7 Å². The van der Waals surface area contributed by atoms with E-state index in [0.717, 1.165) is 25.8 Å². The molecule has 1 aromatic rings. The van der Waals surface area contributed by atoms with Crippen LogP contribution in [-0.4, -0.2) is 54.0 Å². The van der Waals surface area contributed by atoms with E-state index < -0.39 is 6.04 Å². The lowest BCUT2D eigenvalue weighted by Crippen LogP contribution is -2.62. The highest BCUT2D eigenvalue weighted by molar-refractivity contribution is 5.87. The first-order chi connectivity index (χ1) is 11.9. The Kier molecular flexibility index (Phi) is 4.99. The summed E-state index contributed by atoms with van der Waals surface area (Å²) in [6, 6.07) is 7.30. The molecule has 2 N–H and O–H groups in total. The molecule has 1 heterocycles. The first-order valence-electron chi connectivity index (χ1n) is 8.97. The number of carbonyl (C=O) groups is 2. The number of nitrogens with zero attached hydrogens (tertiary/aromatic N) is 2. The number of hydrogen-bond acceptors (Lipinski definition) is 3. The van der Waals surface area contributed by atoms with E-state index in [1.807, 2.05) is 26.2 Å². The van der Waals surface area contributed by atoms with Crippen LogP contribution in [0, 0.1) is 0 Å². The molecule has 1 aliphatic heterocycles. The molecular weight excluding hydrogens is 316 g/mol. The number of benzene rings is 1. The van der Waals surface area contributed by atoms with Crippen LogP contribution in [0.15, 0.2) is 24.3 Å². The minimum atomic E-state index is -0.536. The number of rotatable bonds is 5. The molecule has 136 valence electrons. The molecule has 1 atom stereocenters. The molecule has 0 spiro atoms. The zero-order chi connectivity index (χ0) is 18.0. The molecule has 6 heteroatoms. The Hall–Kier alpha value is -2.08. The second-order valence-corrected chi connectivity index (χ2v) is 7.65. The normalized spacial score (nSPS) is 19.1. The Bertz CT molecular complexity index is 630. The third-order valence-corrected chi connectivity index (χ3v) is 5.18. The maximum atomic E-state index is 12.7. The van der Waals surface area contributed by atoms with Crippen molar-refractivity contribution in [2.24, 2.45) is 0 Å². The summed E-state index contributed by atoms with van der Waals surface area (Å²) in [5.41, 5.74) is 2.22. The van der Waals surface area contributed by atoms with Gasteiger partial charge < -0.3 is 20.4 Å². The minimum Gasteiger partial charge on any atom is -0.332 e. The van der Waals surface area contributed by atoms with Gasteiger partial charge >= 0.3 is 6.03 Å². The van der Waals surface area contributed by atoms with Crippen molar-refractivity contribution in [3.05, 3.63) is 35.4 Å². The third-order valence-electron chi connectivity index (χ3n) is 5.18. The van der Waals surface area contributed by atoms with Crippen molar-refractivity contribution >= 4 is 11.9 Å². The fourth-order valence-corrected chi connectivity index (χ4v) is 3.83. The zero-order valence-corrected chi connectivity index (χ0v) is 15.3. The quantitative estimate of drug-likeness (QED) is 0.854. The van der Waals surface area contributed by atoms with Crippen molar-refractivity contribution in [1.82, 2.24) is 20.4 Å². The van der Waals surface area contributed by atoms with Crippen molar-refractivity contribution in [2.75, 3.05) is 20.6 Å². The van der Waals surface area contributed by atoms with E-state index in [-0.39, 0.29) is 17.5 Å². The Labute approximate surface area is 149 Å². The van der Waals surface area contributed by atoms with E-state index in [1.165, 1.54) is 11.1 Å². The number of likely N-dealkylation sites (N-methyl/N-ethyl adjacent to an activating group) is 1. The molecule has 0 unspecified atom stereocenters. The molecule has 1 aromatic carbocycles. The lowest BCUT2D eigenvalue weighted by molar-refractivity contribution is -0.133. The van der Waals surface area contributed by atoms with Crippen molar-refractivity contribution in [3.63, 3.8) is 0 Å². The number of hydrogen-bond donors (Lipinski definition) is 2. The monoisotopic (exact) mass is 344 g/mol. The van der Waals surface area contributed by atoms with Crippen molar-refractivity contribution in [3.8, 4) is 0 Å². The van der Waals surface area contributed by atoms with Crippen molar-refractivity contribution in [1.29, 1.82) is 0 Å². The molecule has 3 rings (SSSR count). The van der Waals surface area contributed by atoms with E-state index in [1.54, 1.807) is 11.8 Å². The number of amides is 3. The van der Waals surface area contributed by atoms with Gasteiger partial charge in [-0.1, -0.05) is 24.3 Å². The number of carbonyl (C=O) groups excluding carboxylic acids is 2. The Balaban J connectivity index is 1.53. The smallest absolute Gasteiger partial charge is 0.315 e. The maximum Gasteiger partial charge on any atom is 0.315 e. The highest BCUT2D eigenvalue weighted by atomic mass is 16.2. The zero-order valence-electron chi connectivity index (χ0n) is 15.3. The second-order valence-electron chi connectivity index (χ2n) is 7.65. The molecule has 25 heavy (non-hydrogen) atoms. The molecule has 2 aliphatic rings.